The molecule has 11 heteroatoms. The summed E-state index contributed by atoms with van der Waals surface area (Å²) < 4.78 is 72.0. The number of fused-ring (bicyclic) bond motifs is 1. The van der Waals surface area contributed by atoms with Crippen molar-refractivity contribution in [3.8, 4) is 11.6 Å². The largest absolute Gasteiger partial charge is 0.437 e. The Bertz CT molecular complexity index is 1320. The summed E-state index contributed by atoms with van der Waals surface area (Å²) in [5, 5.41) is 3.07. The maximum Gasteiger partial charge on any atom is 0.416 e. The fraction of sp³-hybridized carbons (Fsp3) is 0.136. The highest BCUT2D eigenvalue weighted by atomic mass is 35.5. The maximum atomic E-state index is 14.2. The predicted molar refractivity (Wildman–Crippen MR) is 112 cm³/mol. The van der Waals surface area contributed by atoms with E-state index < -0.39 is 23.4 Å². The summed E-state index contributed by atoms with van der Waals surface area (Å²) in [7, 11) is 0. The van der Waals surface area contributed by atoms with E-state index in [1.165, 1.54) is 6.07 Å². The van der Waals surface area contributed by atoms with Crippen LogP contribution in [-0.2, 0) is 12.6 Å². The highest BCUT2D eigenvalue weighted by Crippen LogP contribution is 2.34. The Balaban J connectivity index is 1.44. The van der Waals surface area contributed by atoms with Gasteiger partial charge in [-0.1, -0.05) is 17.7 Å². The van der Waals surface area contributed by atoms with Crippen LogP contribution >= 0.6 is 11.6 Å². The highest BCUT2D eigenvalue weighted by Gasteiger charge is 2.31. The third-order valence-corrected chi connectivity index (χ3v) is 4.96. The molecule has 0 atom stereocenters. The van der Waals surface area contributed by atoms with Gasteiger partial charge < -0.3 is 10.1 Å². The van der Waals surface area contributed by atoms with Crippen molar-refractivity contribution in [1.29, 1.82) is 0 Å². The first-order valence-corrected chi connectivity index (χ1v) is 9.92. The van der Waals surface area contributed by atoms with E-state index in [0.717, 1.165) is 42.4 Å². The molecule has 0 spiro atoms. The summed E-state index contributed by atoms with van der Waals surface area (Å²) in [4.78, 5) is 11.5. The molecule has 0 bridgehead atoms. The number of hydrogen-bond acceptors (Lipinski definition) is 5. The Morgan fingerprint density at radius 1 is 0.939 bits per heavy atom. The van der Waals surface area contributed by atoms with E-state index in [1.807, 2.05) is 0 Å². The van der Waals surface area contributed by atoms with Crippen LogP contribution in [0.25, 0.3) is 10.9 Å². The zero-order chi connectivity index (χ0) is 23.6. The van der Waals surface area contributed by atoms with Gasteiger partial charge in [0.2, 0.25) is 5.88 Å². The normalized spacial score (nSPS) is 11.6. The Labute approximate surface area is 189 Å². The van der Waals surface area contributed by atoms with Gasteiger partial charge in [-0.05, 0) is 42.3 Å². The molecule has 1 N–H and O–H groups in total. The summed E-state index contributed by atoms with van der Waals surface area (Å²) in [5.74, 6) is -1.26. The first-order chi connectivity index (χ1) is 15.7. The summed E-state index contributed by atoms with van der Waals surface area (Å²) in [6, 6.07) is 8.39. The molecule has 0 saturated heterocycles. The minimum atomic E-state index is -4.52. The first kappa shape index (κ1) is 22.7. The van der Waals surface area contributed by atoms with Crippen molar-refractivity contribution >= 4 is 28.3 Å². The van der Waals surface area contributed by atoms with Crippen LogP contribution in [0.15, 0.2) is 55.0 Å². The standard InChI is InChI=1S/C22H14ClF5N4O/c23-14-9-12(1-4-17(14)33-18-10-13(6-8-29-18)22(26,27)28)5-7-30-21-19-15(24)2-3-16(25)20(19)31-11-32-21/h1-4,6,8-11H,5,7H2,(H,30,31,32). The van der Waals surface area contributed by atoms with Crippen LogP contribution in [0.3, 0.4) is 0 Å². The topological polar surface area (TPSA) is 59.9 Å². The van der Waals surface area contributed by atoms with E-state index >= 15 is 0 Å². The maximum absolute atomic E-state index is 14.2. The molecule has 0 aliphatic rings. The number of alkyl halides is 3. The molecule has 0 amide bonds. The summed E-state index contributed by atoms with van der Waals surface area (Å²) >= 11 is 6.21. The van der Waals surface area contributed by atoms with Crippen LogP contribution in [-0.4, -0.2) is 21.5 Å². The fourth-order valence-electron chi connectivity index (χ4n) is 3.10. The molecule has 4 aromatic rings. The SMILES string of the molecule is Fc1ccc(F)c2c(NCCc3ccc(Oc4cc(C(F)(F)F)ccn4)c(Cl)c3)ncnc12. The van der Waals surface area contributed by atoms with Gasteiger partial charge in [-0.25, -0.2) is 23.7 Å². The fourth-order valence-corrected chi connectivity index (χ4v) is 3.34. The van der Waals surface area contributed by atoms with Crippen molar-refractivity contribution in [3.05, 3.63) is 82.8 Å². The lowest BCUT2D eigenvalue weighted by Crippen LogP contribution is -2.08. The van der Waals surface area contributed by atoms with Gasteiger partial charge in [0.15, 0.2) is 0 Å². The number of ether oxygens (including phenoxy) is 1. The van der Waals surface area contributed by atoms with Crippen molar-refractivity contribution in [2.45, 2.75) is 12.6 Å². The van der Waals surface area contributed by atoms with Crippen molar-refractivity contribution < 1.29 is 26.7 Å². The third kappa shape index (κ3) is 5.11. The lowest BCUT2D eigenvalue weighted by molar-refractivity contribution is -0.137. The van der Waals surface area contributed by atoms with Crippen LogP contribution in [0.4, 0.5) is 27.8 Å². The van der Waals surface area contributed by atoms with Gasteiger partial charge in [0.1, 0.15) is 35.0 Å². The van der Waals surface area contributed by atoms with E-state index in [0.29, 0.717) is 13.0 Å². The molecule has 2 aromatic heterocycles. The average Bonchev–Trinajstić information content (AvgIpc) is 2.78. The van der Waals surface area contributed by atoms with Gasteiger partial charge in [0.25, 0.3) is 0 Å². The summed E-state index contributed by atoms with van der Waals surface area (Å²) in [6.07, 6.45) is -1.95. The Kier molecular flexibility index (Phi) is 6.28. The van der Waals surface area contributed by atoms with Crippen LogP contribution in [0.5, 0.6) is 11.6 Å². The number of pyridine rings is 1. The lowest BCUT2D eigenvalue weighted by atomic mass is 10.1. The zero-order valence-corrected chi connectivity index (χ0v) is 17.4. The number of nitrogens with one attached hydrogen (secondary N) is 1. The quantitative estimate of drug-likeness (QED) is 0.323. The molecule has 170 valence electrons. The molecule has 0 radical (unpaired) electrons. The molecule has 0 unspecified atom stereocenters. The van der Waals surface area contributed by atoms with E-state index in [9.17, 15) is 22.0 Å². The monoisotopic (exact) mass is 480 g/mol. The smallest absolute Gasteiger partial charge is 0.416 e. The molecule has 0 aliphatic heterocycles. The van der Waals surface area contributed by atoms with Crippen LogP contribution in [0.1, 0.15) is 11.1 Å². The summed E-state index contributed by atoms with van der Waals surface area (Å²) in [6.45, 7) is 0.313. The average molecular weight is 481 g/mol. The predicted octanol–water partition coefficient (Wildman–Crippen LogP) is 6.42. The number of nitrogens with zero attached hydrogens (tertiary/aromatic N) is 3. The number of benzene rings is 2. The van der Waals surface area contributed by atoms with Crippen molar-refractivity contribution in [2.24, 2.45) is 0 Å². The van der Waals surface area contributed by atoms with E-state index in [2.05, 4.69) is 20.3 Å². The molecular weight excluding hydrogens is 467 g/mol. The van der Waals surface area contributed by atoms with Crippen molar-refractivity contribution in [2.75, 3.05) is 11.9 Å². The number of rotatable bonds is 6. The second-order valence-electron chi connectivity index (χ2n) is 6.90. The molecule has 0 fully saturated rings. The van der Waals surface area contributed by atoms with Gasteiger partial charge in [-0.3, -0.25) is 0 Å². The van der Waals surface area contributed by atoms with Crippen LogP contribution < -0.4 is 10.1 Å². The Morgan fingerprint density at radius 2 is 1.73 bits per heavy atom. The third-order valence-electron chi connectivity index (χ3n) is 4.67. The van der Waals surface area contributed by atoms with Crippen LogP contribution in [0.2, 0.25) is 5.02 Å². The molecule has 0 aliphatic carbocycles. The molecule has 5 nitrogen and oxygen atoms in total. The van der Waals surface area contributed by atoms with E-state index in [1.54, 1.807) is 12.1 Å². The zero-order valence-electron chi connectivity index (χ0n) is 16.6. The number of halogens is 6. The Morgan fingerprint density at radius 3 is 2.48 bits per heavy atom. The second kappa shape index (κ2) is 9.14. The van der Waals surface area contributed by atoms with E-state index in [4.69, 9.17) is 16.3 Å². The molecule has 2 aromatic carbocycles. The minimum Gasteiger partial charge on any atom is -0.437 e. The molecule has 33 heavy (non-hydrogen) atoms. The van der Waals surface area contributed by atoms with Gasteiger partial charge in [-0.2, -0.15) is 13.2 Å². The molecule has 4 rings (SSSR count). The van der Waals surface area contributed by atoms with Gasteiger partial charge in [-0.15, -0.1) is 0 Å². The van der Waals surface area contributed by atoms with E-state index in [-0.39, 0.29) is 33.4 Å². The van der Waals surface area contributed by atoms with Crippen LogP contribution in [0, 0.1) is 11.6 Å². The van der Waals surface area contributed by atoms with Gasteiger partial charge >= 0.3 is 6.18 Å². The second-order valence-corrected chi connectivity index (χ2v) is 7.31. The minimum absolute atomic E-state index is 0.0483. The lowest BCUT2D eigenvalue weighted by Gasteiger charge is -2.12. The molecular formula is C22H14ClF5N4O. The number of aromatic nitrogens is 3. The molecule has 0 saturated carbocycles. The Hall–Kier alpha value is -3.53. The van der Waals surface area contributed by atoms with Gasteiger partial charge in [0.05, 0.1) is 16.0 Å². The van der Waals surface area contributed by atoms with Gasteiger partial charge in [0, 0.05) is 18.8 Å². The highest BCUT2D eigenvalue weighted by molar-refractivity contribution is 6.32. The number of anilines is 1. The first-order valence-electron chi connectivity index (χ1n) is 9.54. The van der Waals surface area contributed by atoms with Crippen molar-refractivity contribution in [1.82, 2.24) is 15.0 Å². The summed E-state index contributed by atoms with van der Waals surface area (Å²) in [5.41, 5.74) is -0.248. The molecule has 2 heterocycles. The van der Waals surface area contributed by atoms with Crippen molar-refractivity contribution in [3.63, 3.8) is 0 Å². The number of hydrogen-bond donors (Lipinski definition) is 1.